The van der Waals surface area contributed by atoms with Gasteiger partial charge in [0.15, 0.2) is 0 Å². The number of nitrogens with one attached hydrogen (secondary N) is 1. The summed E-state index contributed by atoms with van der Waals surface area (Å²) in [5.74, 6) is 6.46. The molecule has 0 aliphatic carbocycles. The van der Waals surface area contributed by atoms with Crippen LogP contribution < -0.4 is 11.3 Å². The van der Waals surface area contributed by atoms with Gasteiger partial charge < -0.3 is 0 Å². The van der Waals surface area contributed by atoms with Crippen LogP contribution in [0, 0.1) is 5.92 Å². The molecule has 0 saturated carbocycles. The molecule has 0 heterocycles. The largest absolute Gasteiger partial charge is 0.271 e. The lowest BCUT2D eigenvalue weighted by atomic mass is 9.95. The Kier molecular flexibility index (Phi) is 5.99. The zero-order valence-corrected chi connectivity index (χ0v) is 15.4. The van der Waals surface area contributed by atoms with Crippen LogP contribution in [0.3, 0.4) is 0 Å². The Morgan fingerprint density at radius 3 is 2.52 bits per heavy atom. The summed E-state index contributed by atoms with van der Waals surface area (Å²) in [6.07, 6.45) is 1.07. The topological polar surface area (TPSA) is 38.0 Å². The number of benzene rings is 2. The fourth-order valence-electron chi connectivity index (χ4n) is 2.47. The van der Waals surface area contributed by atoms with Gasteiger partial charge in [0.25, 0.3) is 0 Å². The average Bonchev–Trinajstić information content (AvgIpc) is 2.43. The van der Waals surface area contributed by atoms with E-state index in [1.54, 1.807) is 0 Å². The van der Waals surface area contributed by atoms with Gasteiger partial charge in [-0.15, -0.1) is 0 Å². The molecule has 0 aliphatic rings. The summed E-state index contributed by atoms with van der Waals surface area (Å²) in [6, 6.07) is 14.7. The fraction of sp³-hybridized carbons (Fsp3) is 0.294. The zero-order chi connectivity index (χ0) is 15.4. The van der Waals surface area contributed by atoms with E-state index in [4.69, 9.17) is 5.84 Å². The van der Waals surface area contributed by atoms with Crippen molar-refractivity contribution in [1.82, 2.24) is 5.43 Å². The van der Waals surface area contributed by atoms with Gasteiger partial charge in [-0.2, -0.15) is 0 Å². The third-order valence-corrected chi connectivity index (χ3v) is 4.58. The Hall–Kier alpha value is -0.680. The smallest absolute Gasteiger partial charge is 0.0721 e. The van der Waals surface area contributed by atoms with E-state index in [0.29, 0.717) is 5.92 Å². The highest BCUT2D eigenvalue weighted by Gasteiger charge is 2.16. The molecule has 1 atom stereocenters. The average molecular weight is 412 g/mol. The molecule has 0 amide bonds. The zero-order valence-electron chi connectivity index (χ0n) is 12.2. The molecule has 4 heteroatoms. The number of nitrogens with two attached hydrogens (primary N) is 1. The second-order valence-corrected chi connectivity index (χ2v) is 7.38. The maximum Gasteiger partial charge on any atom is 0.0721 e. The molecule has 2 aromatic carbocycles. The molecule has 0 aromatic heterocycles. The molecule has 2 rings (SSSR count). The quantitative estimate of drug-likeness (QED) is 0.538. The number of halogens is 2. The maximum atomic E-state index is 5.82. The maximum absolute atomic E-state index is 5.82. The SMILES string of the molecule is CC(C)Cc1cccc(C(NN)c2cc(Br)ccc2Br)c1. The summed E-state index contributed by atoms with van der Waals surface area (Å²) in [5, 5.41) is 0. The minimum absolute atomic E-state index is 0.0380. The first-order valence-corrected chi connectivity index (χ1v) is 8.59. The molecule has 0 spiro atoms. The summed E-state index contributed by atoms with van der Waals surface area (Å²) >= 11 is 7.14. The van der Waals surface area contributed by atoms with E-state index in [-0.39, 0.29) is 6.04 Å². The molecule has 21 heavy (non-hydrogen) atoms. The number of hydrogen-bond donors (Lipinski definition) is 2. The molecular weight excluding hydrogens is 392 g/mol. The van der Waals surface area contributed by atoms with E-state index in [1.165, 1.54) is 11.1 Å². The molecule has 0 bridgehead atoms. The Balaban J connectivity index is 2.39. The Bertz CT molecular complexity index is 611. The van der Waals surface area contributed by atoms with Gasteiger partial charge in [-0.3, -0.25) is 5.84 Å². The lowest BCUT2D eigenvalue weighted by Gasteiger charge is -2.20. The van der Waals surface area contributed by atoms with Crippen molar-refractivity contribution in [1.29, 1.82) is 0 Å². The van der Waals surface area contributed by atoms with Crippen molar-refractivity contribution in [2.24, 2.45) is 11.8 Å². The summed E-state index contributed by atoms with van der Waals surface area (Å²) in [7, 11) is 0. The van der Waals surface area contributed by atoms with E-state index < -0.39 is 0 Å². The van der Waals surface area contributed by atoms with Gasteiger partial charge in [-0.25, -0.2) is 5.43 Å². The molecule has 0 radical (unpaired) electrons. The van der Waals surface area contributed by atoms with Crippen molar-refractivity contribution in [3.8, 4) is 0 Å². The minimum Gasteiger partial charge on any atom is -0.271 e. The molecule has 1 unspecified atom stereocenters. The molecule has 2 nitrogen and oxygen atoms in total. The molecule has 3 N–H and O–H groups in total. The molecule has 0 aliphatic heterocycles. The van der Waals surface area contributed by atoms with Gasteiger partial charge in [0.2, 0.25) is 0 Å². The first kappa shape index (κ1) is 16.7. The second kappa shape index (κ2) is 7.54. The molecule has 112 valence electrons. The van der Waals surface area contributed by atoms with E-state index in [0.717, 1.165) is 20.9 Å². The predicted octanol–water partition coefficient (Wildman–Crippen LogP) is 4.96. The summed E-state index contributed by atoms with van der Waals surface area (Å²) in [6.45, 7) is 4.46. The van der Waals surface area contributed by atoms with Gasteiger partial charge in [0.05, 0.1) is 6.04 Å². The van der Waals surface area contributed by atoms with Gasteiger partial charge in [-0.1, -0.05) is 70.0 Å². The standard InChI is InChI=1S/C17H20Br2N2/c1-11(2)8-12-4-3-5-13(9-12)17(21-20)15-10-14(18)6-7-16(15)19/h3-7,9-11,17,21H,8,20H2,1-2H3. The van der Waals surface area contributed by atoms with Crippen molar-refractivity contribution in [2.75, 3.05) is 0 Å². The molecular formula is C17H20Br2N2. The molecule has 0 saturated heterocycles. The summed E-state index contributed by atoms with van der Waals surface area (Å²) in [5.41, 5.74) is 6.57. The van der Waals surface area contributed by atoms with Crippen molar-refractivity contribution in [3.05, 3.63) is 68.1 Å². The van der Waals surface area contributed by atoms with Crippen molar-refractivity contribution in [2.45, 2.75) is 26.3 Å². The van der Waals surface area contributed by atoms with Crippen LogP contribution in [-0.4, -0.2) is 0 Å². The van der Waals surface area contributed by atoms with Crippen LogP contribution in [0.2, 0.25) is 0 Å². The van der Waals surface area contributed by atoms with Gasteiger partial charge in [0, 0.05) is 8.95 Å². The van der Waals surface area contributed by atoms with Gasteiger partial charge in [0.1, 0.15) is 0 Å². The van der Waals surface area contributed by atoms with Crippen molar-refractivity contribution >= 4 is 31.9 Å². The first-order chi connectivity index (χ1) is 10.0. The predicted molar refractivity (Wildman–Crippen MR) is 96.0 cm³/mol. The van der Waals surface area contributed by atoms with Crippen LogP contribution in [0.15, 0.2) is 51.4 Å². The number of rotatable bonds is 5. The van der Waals surface area contributed by atoms with E-state index in [1.807, 2.05) is 12.1 Å². The number of hydrogen-bond acceptors (Lipinski definition) is 2. The van der Waals surface area contributed by atoms with E-state index in [9.17, 15) is 0 Å². The Morgan fingerprint density at radius 1 is 1.10 bits per heavy atom. The highest BCUT2D eigenvalue weighted by molar-refractivity contribution is 9.11. The third-order valence-electron chi connectivity index (χ3n) is 3.36. The second-order valence-electron chi connectivity index (χ2n) is 5.61. The van der Waals surface area contributed by atoms with Crippen molar-refractivity contribution in [3.63, 3.8) is 0 Å². The first-order valence-electron chi connectivity index (χ1n) is 7.01. The highest BCUT2D eigenvalue weighted by atomic mass is 79.9. The minimum atomic E-state index is -0.0380. The lowest BCUT2D eigenvalue weighted by Crippen LogP contribution is -2.29. The van der Waals surface area contributed by atoms with E-state index in [2.05, 4.69) is 81.5 Å². The van der Waals surface area contributed by atoms with Crippen LogP contribution in [0.25, 0.3) is 0 Å². The highest BCUT2D eigenvalue weighted by Crippen LogP contribution is 2.31. The van der Waals surface area contributed by atoms with Crippen molar-refractivity contribution < 1.29 is 0 Å². The Labute approximate surface area is 143 Å². The Morgan fingerprint density at radius 2 is 1.86 bits per heavy atom. The third kappa shape index (κ3) is 4.39. The van der Waals surface area contributed by atoms with Crippen LogP contribution in [0.1, 0.15) is 36.6 Å². The van der Waals surface area contributed by atoms with Gasteiger partial charge >= 0.3 is 0 Å². The normalized spacial score (nSPS) is 12.7. The van der Waals surface area contributed by atoms with E-state index >= 15 is 0 Å². The monoisotopic (exact) mass is 410 g/mol. The number of hydrazine groups is 1. The van der Waals surface area contributed by atoms with Crippen LogP contribution >= 0.6 is 31.9 Å². The summed E-state index contributed by atoms with van der Waals surface area (Å²) in [4.78, 5) is 0. The molecule has 2 aromatic rings. The van der Waals surface area contributed by atoms with Crippen LogP contribution in [0.5, 0.6) is 0 Å². The fourth-order valence-corrected chi connectivity index (χ4v) is 3.33. The van der Waals surface area contributed by atoms with Crippen LogP contribution in [0.4, 0.5) is 0 Å². The lowest BCUT2D eigenvalue weighted by molar-refractivity contribution is 0.626. The molecule has 0 fully saturated rings. The van der Waals surface area contributed by atoms with Crippen LogP contribution in [-0.2, 0) is 6.42 Å². The van der Waals surface area contributed by atoms with Gasteiger partial charge in [-0.05, 0) is 47.2 Å². The summed E-state index contributed by atoms with van der Waals surface area (Å²) < 4.78 is 2.09.